The van der Waals surface area contributed by atoms with Gasteiger partial charge in [0.05, 0.1) is 19.8 Å². The summed E-state index contributed by atoms with van der Waals surface area (Å²) in [4.78, 5) is 8.58. The van der Waals surface area contributed by atoms with E-state index in [4.69, 9.17) is 15.2 Å². The molecule has 0 spiro atoms. The summed E-state index contributed by atoms with van der Waals surface area (Å²) in [6.45, 7) is 1.87. The minimum absolute atomic E-state index is 0.433. The number of nitrogens with zero attached hydrogens (tertiary/aromatic N) is 2. The van der Waals surface area contributed by atoms with Gasteiger partial charge in [-0.1, -0.05) is 6.07 Å². The van der Waals surface area contributed by atoms with Gasteiger partial charge in [-0.3, -0.25) is 0 Å². The highest BCUT2D eigenvalue weighted by Crippen LogP contribution is 2.36. The molecule has 2 N–H and O–H groups in total. The van der Waals surface area contributed by atoms with Gasteiger partial charge < -0.3 is 15.2 Å². The molecule has 0 aliphatic heterocycles. The van der Waals surface area contributed by atoms with E-state index < -0.39 is 0 Å². The average Bonchev–Trinajstić information content (AvgIpc) is 2.36. The predicted molar refractivity (Wildman–Crippen MR) is 69.7 cm³/mol. The molecule has 0 amide bonds. The number of nitrogen functional groups attached to an aromatic ring is 1. The number of rotatable bonds is 3. The maximum Gasteiger partial charge on any atom is 0.171 e. The number of para-hydroxylation sites is 1. The number of nitrogens with two attached hydrogens (primary N) is 1. The zero-order chi connectivity index (χ0) is 13.1. The highest BCUT2D eigenvalue weighted by Gasteiger charge is 2.14. The van der Waals surface area contributed by atoms with Crippen molar-refractivity contribution in [3.05, 3.63) is 30.0 Å². The Balaban J connectivity index is 2.63. The van der Waals surface area contributed by atoms with Crippen LogP contribution in [0.1, 0.15) is 5.69 Å². The van der Waals surface area contributed by atoms with Crippen LogP contribution in [-0.4, -0.2) is 24.2 Å². The lowest BCUT2D eigenvalue weighted by atomic mass is 10.1. The van der Waals surface area contributed by atoms with Gasteiger partial charge in [-0.25, -0.2) is 9.97 Å². The minimum atomic E-state index is 0.433. The van der Waals surface area contributed by atoms with Crippen LogP contribution in [0.3, 0.4) is 0 Å². The first-order chi connectivity index (χ1) is 8.65. The molecule has 0 saturated heterocycles. The summed E-state index contributed by atoms with van der Waals surface area (Å²) in [6, 6.07) is 7.27. The van der Waals surface area contributed by atoms with Gasteiger partial charge in [0.2, 0.25) is 0 Å². The third-order valence-corrected chi connectivity index (χ3v) is 2.52. The maximum absolute atomic E-state index is 5.74. The largest absolute Gasteiger partial charge is 0.493 e. The number of hydrogen-bond donors (Lipinski definition) is 1. The van der Waals surface area contributed by atoms with Gasteiger partial charge in [0.1, 0.15) is 5.82 Å². The molecule has 2 aromatic rings. The van der Waals surface area contributed by atoms with Crippen molar-refractivity contribution in [2.45, 2.75) is 6.92 Å². The van der Waals surface area contributed by atoms with Crippen molar-refractivity contribution in [3.8, 4) is 22.9 Å². The molecule has 0 unspecified atom stereocenters. The van der Waals surface area contributed by atoms with Crippen molar-refractivity contribution < 1.29 is 9.47 Å². The number of methoxy groups -OCH3 is 2. The Morgan fingerprint density at radius 1 is 1.11 bits per heavy atom. The lowest BCUT2D eigenvalue weighted by Gasteiger charge is -2.12. The van der Waals surface area contributed by atoms with Gasteiger partial charge in [-0.2, -0.15) is 0 Å². The molecule has 0 aliphatic rings. The molecule has 0 bridgehead atoms. The first-order valence-corrected chi connectivity index (χ1v) is 5.48. The molecule has 5 heteroatoms. The van der Waals surface area contributed by atoms with Crippen LogP contribution in [-0.2, 0) is 0 Å². The van der Waals surface area contributed by atoms with Gasteiger partial charge in [0.15, 0.2) is 17.3 Å². The zero-order valence-electron chi connectivity index (χ0n) is 10.6. The van der Waals surface area contributed by atoms with E-state index in [0.717, 1.165) is 11.3 Å². The summed E-state index contributed by atoms with van der Waals surface area (Å²) in [6.07, 6.45) is 0. The normalized spacial score (nSPS) is 10.2. The minimum Gasteiger partial charge on any atom is -0.493 e. The van der Waals surface area contributed by atoms with Crippen molar-refractivity contribution in [1.82, 2.24) is 9.97 Å². The summed E-state index contributed by atoms with van der Waals surface area (Å²) in [5, 5.41) is 0. The summed E-state index contributed by atoms with van der Waals surface area (Å²) < 4.78 is 10.6. The molecular formula is C13H15N3O2. The van der Waals surface area contributed by atoms with Crippen molar-refractivity contribution >= 4 is 5.82 Å². The first kappa shape index (κ1) is 12.2. The number of benzene rings is 1. The quantitative estimate of drug-likeness (QED) is 0.896. The number of ether oxygens (including phenoxy) is 2. The van der Waals surface area contributed by atoms with Crippen molar-refractivity contribution in [3.63, 3.8) is 0 Å². The molecule has 1 aromatic heterocycles. The van der Waals surface area contributed by atoms with Gasteiger partial charge in [-0.15, -0.1) is 0 Å². The Morgan fingerprint density at radius 3 is 2.50 bits per heavy atom. The molecular weight excluding hydrogens is 230 g/mol. The smallest absolute Gasteiger partial charge is 0.171 e. The molecule has 0 fully saturated rings. The molecule has 94 valence electrons. The molecule has 0 atom stereocenters. The SMILES string of the molecule is COc1cccc(-c2nc(C)cc(N)n2)c1OC. The first-order valence-electron chi connectivity index (χ1n) is 5.48. The van der Waals surface area contributed by atoms with E-state index in [9.17, 15) is 0 Å². The second kappa shape index (κ2) is 4.91. The maximum atomic E-state index is 5.74. The number of aromatic nitrogens is 2. The fourth-order valence-corrected chi connectivity index (χ4v) is 1.78. The second-order valence-electron chi connectivity index (χ2n) is 3.80. The van der Waals surface area contributed by atoms with Gasteiger partial charge in [-0.05, 0) is 19.1 Å². The van der Waals surface area contributed by atoms with Crippen LogP contribution in [0.4, 0.5) is 5.82 Å². The highest BCUT2D eigenvalue weighted by atomic mass is 16.5. The molecule has 0 radical (unpaired) electrons. The fraction of sp³-hybridized carbons (Fsp3) is 0.231. The predicted octanol–water partition coefficient (Wildman–Crippen LogP) is 2.05. The van der Waals surface area contributed by atoms with Gasteiger partial charge in [0.25, 0.3) is 0 Å². The number of hydrogen-bond acceptors (Lipinski definition) is 5. The van der Waals surface area contributed by atoms with Crippen molar-refractivity contribution in [2.75, 3.05) is 20.0 Å². The Labute approximate surface area is 106 Å². The summed E-state index contributed by atoms with van der Waals surface area (Å²) in [7, 11) is 3.17. The van der Waals surface area contributed by atoms with Crippen LogP contribution in [0.25, 0.3) is 11.4 Å². The third-order valence-electron chi connectivity index (χ3n) is 2.52. The lowest BCUT2D eigenvalue weighted by Crippen LogP contribution is -2.00. The fourth-order valence-electron chi connectivity index (χ4n) is 1.78. The number of anilines is 1. The summed E-state index contributed by atoms with van der Waals surface area (Å²) >= 11 is 0. The van der Waals surface area contributed by atoms with Crippen LogP contribution >= 0.6 is 0 Å². The molecule has 18 heavy (non-hydrogen) atoms. The summed E-state index contributed by atoms with van der Waals surface area (Å²) in [5.74, 6) is 2.20. The van der Waals surface area contributed by atoms with Crippen LogP contribution < -0.4 is 15.2 Å². The third kappa shape index (κ3) is 2.20. The van der Waals surface area contributed by atoms with E-state index in [1.165, 1.54) is 0 Å². The second-order valence-corrected chi connectivity index (χ2v) is 3.80. The lowest BCUT2D eigenvalue weighted by molar-refractivity contribution is 0.356. The Hall–Kier alpha value is -2.30. The average molecular weight is 245 g/mol. The van der Waals surface area contributed by atoms with Crippen LogP contribution in [0, 0.1) is 6.92 Å². The molecule has 1 aromatic carbocycles. The molecule has 0 aliphatic carbocycles. The van der Waals surface area contributed by atoms with E-state index in [2.05, 4.69) is 9.97 Å². The molecule has 2 rings (SSSR count). The van der Waals surface area contributed by atoms with Crippen molar-refractivity contribution in [2.24, 2.45) is 0 Å². The van der Waals surface area contributed by atoms with Crippen LogP contribution in [0.5, 0.6) is 11.5 Å². The van der Waals surface area contributed by atoms with Gasteiger partial charge in [0, 0.05) is 11.8 Å². The van der Waals surface area contributed by atoms with E-state index >= 15 is 0 Å². The molecule has 5 nitrogen and oxygen atoms in total. The Kier molecular flexibility index (Phi) is 3.32. The van der Waals surface area contributed by atoms with Crippen LogP contribution in [0.2, 0.25) is 0 Å². The Bertz CT molecular complexity index is 550. The van der Waals surface area contributed by atoms with Gasteiger partial charge >= 0.3 is 0 Å². The molecule has 1 heterocycles. The monoisotopic (exact) mass is 245 g/mol. The van der Waals surface area contributed by atoms with Crippen molar-refractivity contribution in [1.29, 1.82) is 0 Å². The van der Waals surface area contributed by atoms with Crippen LogP contribution in [0.15, 0.2) is 24.3 Å². The Morgan fingerprint density at radius 2 is 1.89 bits per heavy atom. The van der Waals surface area contributed by atoms with E-state index in [0.29, 0.717) is 23.1 Å². The van der Waals surface area contributed by atoms with E-state index in [1.807, 2.05) is 25.1 Å². The van der Waals surface area contributed by atoms with E-state index in [-0.39, 0.29) is 0 Å². The standard InChI is InChI=1S/C13H15N3O2/c1-8-7-11(14)16-13(15-8)9-5-4-6-10(17-2)12(9)18-3/h4-7H,1-3H3,(H2,14,15,16). The summed E-state index contributed by atoms with van der Waals surface area (Å²) in [5.41, 5.74) is 7.30. The molecule has 0 saturated carbocycles. The number of aryl methyl sites for hydroxylation is 1. The highest BCUT2D eigenvalue weighted by molar-refractivity contribution is 5.69. The zero-order valence-corrected chi connectivity index (χ0v) is 10.6. The topological polar surface area (TPSA) is 70.3 Å². The van der Waals surface area contributed by atoms with E-state index in [1.54, 1.807) is 20.3 Å².